The Labute approximate surface area is 175 Å². The normalized spacial score (nSPS) is 19.0. The summed E-state index contributed by atoms with van der Waals surface area (Å²) in [5.41, 5.74) is 9.09. The number of rotatable bonds is 6. The van der Waals surface area contributed by atoms with Gasteiger partial charge in [0.1, 0.15) is 11.6 Å². The van der Waals surface area contributed by atoms with E-state index in [1.54, 1.807) is 24.8 Å². The Morgan fingerprint density at radius 1 is 0.966 bits per heavy atom. The molecule has 1 aliphatic carbocycles. The van der Waals surface area contributed by atoms with Crippen LogP contribution in [0.4, 0.5) is 11.6 Å². The highest BCUT2D eigenvalue weighted by molar-refractivity contribution is 6.33. The zero-order chi connectivity index (χ0) is 20.1. The molecular formula is C22H25ClN6. The summed E-state index contributed by atoms with van der Waals surface area (Å²) in [5.74, 6) is 1.64. The SMILES string of the molecule is NC1CCC(Nc2cc(-c3ccnc(NCc4ccncc4)c3)c(Cl)cn2)CC1. The number of nitrogens with one attached hydrogen (secondary N) is 2. The molecule has 0 bridgehead atoms. The molecule has 0 atom stereocenters. The molecule has 4 N–H and O–H groups in total. The molecule has 4 rings (SSSR count). The molecule has 3 aromatic rings. The average Bonchev–Trinajstić information content (AvgIpc) is 2.76. The van der Waals surface area contributed by atoms with E-state index in [0.29, 0.717) is 23.7 Å². The number of hydrogen-bond donors (Lipinski definition) is 3. The van der Waals surface area contributed by atoms with E-state index < -0.39 is 0 Å². The first-order valence-corrected chi connectivity index (χ1v) is 10.3. The predicted octanol–water partition coefficient (Wildman–Crippen LogP) is 4.49. The Kier molecular flexibility index (Phi) is 6.22. The van der Waals surface area contributed by atoms with Crippen LogP contribution in [0.15, 0.2) is 55.1 Å². The van der Waals surface area contributed by atoms with Gasteiger partial charge in [0, 0.05) is 49.0 Å². The fraction of sp³-hybridized carbons (Fsp3) is 0.318. The van der Waals surface area contributed by atoms with Crippen LogP contribution in [-0.2, 0) is 6.54 Å². The van der Waals surface area contributed by atoms with Crippen molar-refractivity contribution in [2.45, 2.75) is 44.3 Å². The summed E-state index contributed by atoms with van der Waals surface area (Å²) in [6, 6.07) is 10.7. The third-order valence-electron chi connectivity index (χ3n) is 5.27. The third-order valence-corrected chi connectivity index (χ3v) is 5.57. The zero-order valence-electron chi connectivity index (χ0n) is 16.2. The topological polar surface area (TPSA) is 88.8 Å². The van der Waals surface area contributed by atoms with Crippen molar-refractivity contribution in [3.05, 3.63) is 65.7 Å². The van der Waals surface area contributed by atoms with E-state index in [4.69, 9.17) is 17.3 Å². The van der Waals surface area contributed by atoms with Gasteiger partial charge in [-0.05, 0) is 67.1 Å². The molecule has 0 radical (unpaired) electrons. The molecule has 1 saturated carbocycles. The molecule has 0 aromatic carbocycles. The maximum Gasteiger partial charge on any atom is 0.126 e. The number of halogens is 1. The molecule has 3 aromatic heterocycles. The van der Waals surface area contributed by atoms with Gasteiger partial charge in [-0.2, -0.15) is 0 Å². The second-order valence-corrected chi connectivity index (χ2v) is 7.85. The van der Waals surface area contributed by atoms with Gasteiger partial charge in [-0.15, -0.1) is 0 Å². The molecule has 0 aliphatic heterocycles. The molecule has 7 heteroatoms. The van der Waals surface area contributed by atoms with Crippen molar-refractivity contribution in [3.63, 3.8) is 0 Å². The van der Waals surface area contributed by atoms with Gasteiger partial charge in [-0.25, -0.2) is 9.97 Å². The van der Waals surface area contributed by atoms with E-state index in [-0.39, 0.29) is 0 Å². The van der Waals surface area contributed by atoms with Crippen molar-refractivity contribution >= 4 is 23.2 Å². The lowest BCUT2D eigenvalue weighted by atomic mass is 9.92. The second-order valence-electron chi connectivity index (χ2n) is 7.44. The number of nitrogens with zero attached hydrogens (tertiary/aromatic N) is 3. The molecule has 0 saturated heterocycles. The Balaban J connectivity index is 1.48. The first-order valence-electron chi connectivity index (χ1n) is 9.94. The van der Waals surface area contributed by atoms with Crippen molar-refractivity contribution in [1.82, 2.24) is 15.0 Å². The minimum Gasteiger partial charge on any atom is -0.367 e. The first-order chi connectivity index (χ1) is 14.2. The van der Waals surface area contributed by atoms with Crippen LogP contribution in [0, 0.1) is 0 Å². The van der Waals surface area contributed by atoms with Crippen molar-refractivity contribution in [1.29, 1.82) is 0 Å². The van der Waals surface area contributed by atoms with Gasteiger partial charge < -0.3 is 16.4 Å². The fourth-order valence-electron chi connectivity index (χ4n) is 3.60. The molecular weight excluding hydrogens is 384 g/mol. The Bertz CT molecular complexity index is 941. The van der Waals surface area contributed by atoms with Crippen LogP contribution in [0.25, 0.3) is 11.1 Å². The fourth-order valence-corrected chi connectivity index (χ4v) is 3.81. The summed E-state index contributed by atoms with van der Waals surface area (Å²) in [4.78, 5) is 12.9. The Morgan fingerprint density at radius 2 is 1.76 bits per heavy atom. The van der Waals surface area contributed by atoms with Crippen LogP contribution in [0.3, 0.4) is 0 Å². The zero-order valence-corrected chi connectivity index (χ0v) is 16.9. The molecule has 1 fully saturated rings. The lowest BCUT2D eigenvalue weighted by molar-refractivity contribution is 0.410. The smallest absolute Gasteiger partial charge is 0.126 e. The molecule has 0 unspecified atom stereocenters. The quantitative estimate of drug-likeness (QED) is 0.557. The number of nitrogens with two attached hydrogens (primary N) is 1. The number of hydrogen-bond acceptors (Lipinski definition) is 6. The Morgan fingerprint density at radius 3 is 2.55 bits per heavy atom. The van der Waals surface area contributed by atoms with E-state index >= 15 is 0 Å². The molecule has 29 heavy (non-hydrogen) atoms. The van der Waals surface area contributed by atoms with Crippen molar-refractivity contribution in [2.75, 3.05) is 10.6 Å². The Hall–Kier alpha value is -2.70. The number of pyridine rings is 3. The van der Waals surface area contributed by atoms with Crippen LogP contribution in [0.5, 0.6) is 0 Å². The minimum atomic E-state index is 0.330. The maximum atomic E-state index is 6.46. The minimum absolute atomic E-state index is 0.330. The highest BCUT2D eigenvalue weighted by Crippen LogP contribution is 2.31. The van der Waals surface area contributed by atoms with Gasteiger partial charge in [0.2, 0.25) is 0 Å². The standard InChI is InChI=1S/C22H25ClN6/c23-20-14-28-22(29-18-3-1-17(24)2-4-18)12-19(20)16-7-10-26-21(11-16)27-13-15-5-8-25-9-6-15/h5-12,14,17-18H,1-4,13,24H2,(H,26,27)(H,28,29). The summed E-state index contributed by atoms with van der Waals surface area (Å²) in [5, 5.41) is 7.51. The summed E-state index contributed by atoms with van der Waals surface area (Å²) >= 11 is 6.46. The average molecular weight is 409 g/mol. The van der Waals surface area contributed by atoms with Crippen LogP contribution in [0.2, 0.25) is 5.02 Å². The van der Waals surface area contributed by atoms with Crippen LogP contribution in [0.1, 0.15) is 31.2 Å². The van der Waals surface area contributed by atoms with Crippen LogP contribution in [-0.4, -0.2) is 27.0 Å². The molecule has 0 spiro atoms. The van der Waals surface area contributed by atoms with E-state index in [0.717, 1.165) is 54.0 Å². The molecule has 1 aliphatic rings. The van der Waals surface area contributed by atoms with Crippen LogP contribution >= 0.6 is 11.6 Å². The lowest BCUT2D eigenvalue weighted by Gasteiger charge is -2.27. The van der Waals surface area contributed by atoms with E-state index in [1.165, 1.54) is 0 Å². The van der Waals surface area contributed by atoms with Gasteiger partial charge >= 0.3 is 0 Å². The van der Waals surface area contributed by atoms with E-state index in [9.17, 15) is 0 Å². The van der Waals surface area contributed by atoms with Crippen molar-refractivity contribution in [3.8, 4) is 11.1 Å². The largest absolute Gasteiger partial charge is 0.367 e. The molecule has 3 heterocycles. The van der Waals surface area contributed by atoms with E-state index in [1.807, 2.05) is 30.3 Å². The van der Waals surface area contributed by atoms with Gasteiger partial charge in [0.15, 0.2) is 0 Å². The number of aromatic nitrogens is 3. The van der Waals surface area contributed by atoms with E-state index in [2.05, 4.69) is 25.6 Å². The maximum absolute atomic E-state index is 6.46. The summed E-state index contributed by atoms with van der Waals surface area (Å²) in [6.07, 6.45) is 11.3. The monoisotopic (exact) mass is 408 g/mol. The highest BCUT2D eigenvalue weighted by atomic mass is 35.5. The molecule has 0 amide bonds. The first kappa shape index (κ1) is 19.6. The molecule has 6 nitrogen and oxygen atoms in total. The third kappa shape index (κ3) is 5.22. The van der Waals surface area contributed by atoms with Crippen molar-refractivity contribution < 1.29 is 0 Å². The summed E-state index contributed by atoms with van der Waals surface area (Å²) in [6.45, 7) is 0.680. The van der Waals surface area contributed by atoms with Gasteiger partial charge in [0.05, 0.1) is 5.02 Å². The summed E-state index contributed by atoms with van der Waals surface area (Å²) in [7, 11) is 0. The van der Waals surface area contributed by atoms with Gasteiger partial charge in [-0.3, -0.25) is 4.98 Å². The summed E-state index contributed by atoms with van der Waals surface area (Å²) < 4.78 is 0. The van der Waals surface area contributed by atoms with Crippen molar-refractivity contribution in [2.24, 2.45) is 5.73 Å². The highest BCUT2D eigenvalue weighted by Gasteiger charge is 2.19. The van der Waals surface area contributed by atoms with Gasteiger partial charge in [-0.1, -0.05) is 11.6 Å². The lowest BCUT2D eigenvalue weighted by Crippen LogP contribution is -2.33. The van der Waals surface area contributed by atoms with Gasteiger partial charge in [0.25, 0.3) is 0 Å². The van der Waals surface area contributed by atoms with Crippen LogP contribution < -0.4 is 16.4 Å². The molecule has 150 valence electrons. The second kappa shape index (κ2) is 9.20. The predicted molar refractivity (Wildman–Crippen MR) is 118 cm³/mol. The number of anilines is 2.